The second-order valence-corrected chi connectivity index (χ2v) is 4.88. The number of halogens is 5. The van der Waals surface area contributed by atoms with Crippen molar-refractivity contribution in [2.75, 3.05) is 25.5 Å². The third-order valence-electron chi connectivity index (χ3n) is 3.63. The van der Waals surface area contributed by atoms with Crippen LogP contribution in [-0.4, -0.2) is 38.4 Å². The van der Waals surface area contributed by atoms with E-state index in [4.69, 9.17) is 8.22 Å². The summed E-state index contributed by atoms with van der Waals surface area (Å²) in [7, 11) is -6.78. The minimum absolute atomic E-state index is 0.504. The Bertz CT molecular complexity index is 823. The summed E-state index contributed by atoms with van der Waals surface area (Å²) < 4.78 is 120. The van der Waals surface area contributed by atoms with Crippen LogP contribution < -0.4 is 9.64 Å². The maximum Gasteiger partial charge on any atom is 0.419 e. The molecule has 1 aromatic rings. The van der Waals surface area contributed by atoms with Crippen molar-refractivity contribution in [3.63, 3.8) is 0 Å². The van der Waals surface area contributed by atoms with Crippen LogP contribution in [0.15, 0.2) is 12.1 Å². The normalized spacial score (nSPS) is 29.6. The highest BCUT2D eigenvalue weighted by Gasteiger charge is 2.62. The van der Waals surface area contributed by atoms with Crippen LogP contribution in [0.4, 0.5) is 27.6 Å². The lowest BCUT2D eigenvalue weighted by atomic mass is 10.00. The molecular weight excluding hydrogens is 323 g/mol. The summed E-state index contributed by atoms with van der Waals surface area (Å²) in [6.45, 7) is -1.30. The molecule has 1 aliphatic heterocycles. The molecule has 1 fully saturated rings. The number of ether oxygens (including phenoxy) is 2. The molecule has 2 rings (SSSR count). The monoisotopic (exact) mass is 342 g/mol. The van der Waals surface area contributed by atoms with Gasteiger partial charge in [0.05, 0.1) is 33.6 Å². The third kappa shape index (κ3) is 2.67. The Balaban J connectivity index is 2.61. The summed E-state index contributed by atoms with van der Waals surface area (Å²) in [6.07, 6.45) is -6.42. The summed E-state index contributed by atoms with van der Waals surface area (Å²) in [5, 5.41) is 9.27. The molecule has 0 spiro atoms. The Morgan fingerprint density at radius 1 is 1.39 bits per heavy atom. The van der Waals surface area contributed by atoms with Gasteiger partial charge in [-0.25, -0.2) is 4.39 Å². The van der Waals surface area contributed by atoms with Crippen LogP contribution in [0.3, 0.4) is 0 Å². The van der Waals surface area contributed by atoms with Crippen LogP contribution in [0.5, 0.6) is 5.75 Å². The van der Waals surface area contributed by atoms with E-state index in [1.165, 1.54) is 6.07 Å². The second kappa shape index (κ2) is 5.85. The van der Waals surface area contributed by atoms with E-state index in [1.807, 2.05) is 0 Å². The Hall–Kier alpha value is -2.08. The van der Waals surface area contributed by atoms with Gasteiger partial charge in [0, 0.05) is 13.5 Å². The van der Waals surface area contributed by atoms with E-state index in [2.05, 4.69) is 9.47 Å². The Morgan fingerprint density at radius 3 is 2.70 bits per heavy atom. The van der Waals surface area contributed by atoms with Gasteiger partial charge in [0.1, 0.15) is 6.04 Å². The quantitative estimate of drug-likeness (QED) is 0.792. The lowest BCUT2D eigenvalue weighted by molar-refractivity contribution is -0.261. The molecule has 1 aliphatic rings. The predicted octanol–water partition coefficient (Wildman–Crippen LogP) is 3.02. The molecule has 4 nitrogen and oxygen atoms in total. The minimum atomic E-state index is -5.26. The van der Waals surface area contributed by atoms with Gasteiger partial charge in [-0.05, 0) is 12.1 Å². The van der Waals surface area contributed by atoms with Gasteiger partial charge in [-0.3, -0.25) is 0 Å². The van der Waals surface area contributed by atoms with Gasteiger partial charge < -0.3 is 14.4 Å². The first-order chi connectivity index (χ1) is 13.0. The number of methoxy groups -OCH3 is 2. The van der Waals surface area contributed by atoms with Crippen molar-refractivity contribution >= 4 is 5.69 Å². The van der Waals surface area contributed by atoms with E-state index in [1.54, 1.807) is 0 Å². The van der Waals surface area contributed by atoms with Gasteiger partial charge in [0.2, 0.25) is 5.82 Å². The molecule has 2 atom stereocenters. The predicted molar refractivity (Wildman–Crippen MR) is 70.1 cm³/mol. The summed E-state index contributed by atoms with van der Waals surface area (Å²) in [5.41, 5.74) is -4.02. The lowest BCUT2D eigenvalue weighted by Gasteiger charge is -2.30. The zero-order valence-electron chi connectivity index (χ0n) is 17.2. The largest absolute Gasteiger partial charge is 0.491 e. The summed E-state index contributed by atoms with van der Waals surface area (Å²) in [5.74, 6) is -4.57. The minimum Gasteiger partial charge on any atom is -0.491 e. The van der Waals surface area contributed by atoms with Crippen LogP contribution in [0.25, 0.3) is 0 Å². The number of nitrogens with zero attached hydrogens (tertiary/aromatic N) is 2. The molecule has 2 unspecified atom stereocenters. The van der Waals surface area contributed by atoms with Gasteiger partial charge in [0.25, 0.3) is 0 Å². The SMILES string of the molecule is [2H]C([2H])([2H])Oc1c(N2CC(OC([2H])([2H])[2H])(C(F)(F)F)CC2C#N)ccc(F)c1F. The van der Waals surface area contributed by atoms with E-state index in [9.17, 15) is 27.2 Å². The summed E-state index contributed by atoms with van der Waals surface area (Å²) in [4.78, 5) is 0.572. The van der Waals surface area contributed by atoms with Crippen molar-refractivity contribution in [1.29, 1.82) is 5.26 Å². The first-order valence-corrected chi connectivity index (χ1v) is 6.10. The molecule has 1 heterocycles. The zero-order valence-corrected chi connectivity index (χ0v) is 11.2. The molecule has 0 N–H and O–H groups in total. The van der Waals surface area contributed by atoms with E-state index in [0.717, 1.165) is 6.07 Å². The zero-order chi connectivity index (χ0) is 22.4. The highest BCUT2D eigenvalue weighted by molar-refractivity contribution is 5.62. The Labute approximate surface area is 137 Å². The number of hydrogen-bond donors (Lipinski definition) is 0. The Kier molecular flexibility index (Phi) is 2.71. The molecule has 1 aromatic carbocycles. The number of benzene rings is 1. The fourth-order valence-corrected chi connectivity index (χ4v) is 2.42. The third-order valence-corrected chi connectivity index (χ3v) is 3.63. The summed E-state index contributed by atoms with van der Waals surface area (Å²) in [6, 6.07) is 1.02. The van der Waals surface area contributed by atoms with Crippen molar-refractivity contribution < 1.29 is 39.7 Å². The molecule has 0 aromatic heterocycles. The molecule has 23 heavy (non-hydrogen) atoms. The van der Waals surface area contributed by atoms with Crippen LogP contribution in [0.2, 0.25) is 0 Å². The molecule has 0 aliphatic carbocycles. The molecule has 0 saturated carbocycles. The summed E-state index contributed by atoms with van der Waals surface area (Å²) >= 11 is 0. The average Bonchev–Trinajstić information content (AvgIpc) is 2.88. The molecule has 0 amide bonds. The fraction of sp³-hybridized carbons (Fsp3) is 0.500. The lowest BCUT2D eigenvalue weighted by Crippen LogP contribution is -2.49. The molecular formula is C14H13F5N2O2. The average molecular weight is 342 g/mol. The van der Waals surface area contributed by atoms with Crippen molar-refractivity contribution in [3.05, 3.63) is 23.8 Å². The van der Waals surface area contributed by atoms with E-state index in [0.29, 0.717) is 11.0 Å². The van der Waals surface area contributed by atoms with E-state index >= 15 is 0 Å². The van der Waals surface area contributed by atoms with Crippen LogP contribution >= 0.6 is 0 Å². The number of rotatable bonds is 3. The molecule has 0 bridgehead atoms. The van der Waals surface area contributed by atoms with Crippen molar-refractivity contribution in [1.82, 2.24) is 0 Å². The number of alkyl halides is 3. The first-order valence-electron chi connectivity index (χ1n) is 9.10. The van der Waals surface area contributed by atoms with Gasteiger partial charge in [-0.1, -0.05) is 0 Å². The maximum absolute atomic E-state index is 14.2. The number of hydrogen-bond acceptors (Lipinski definition) is 4. The van der Waals surface area contributed by atoms with Crippen molar-refractivity contribution in [3.8, 4) is 11.8 Å². The maximum atomic E-state index is 14.2. The molecule has 9 heteroatoms. The van der Waals surface area contributed by atoms with Crippen molar-refractivity contribution in [2.24, 2.45) is 0 Å². The topological polar surface area (TPSA) is 45.5 Å². The molecule has 1 saturated heterocycles. The second-order valence-electron chi connectivity index (χ2n) is 4.88. The molecule has 0 radical (unpaired) electrons. The number of anilines is 1. The van der Waals surface area contributed by atoms with Gasteiger partial charge in [-0.2, -0.15) is 22.8 Å². The smallest absolute Gasteiger partial charge is 0.419 e. The standard InChI is InChI=1S/C14H13F5N2O2/c1-22-12-10(4-3-9(15)11(12)16)21-7-13(23-2,14(17,18)19)5-8(21)6-20/h3-4,8H,5,7H2,1-2H3/i1D3,2D3. The molecule has 126 valence electrons. The van der Waals surface area contributed by atoms with Crippen LogP contribution in [0.1, 0.15) is 14.6 Å². The highest BCUT2D eigenvalue weighted by atomic mass is 19.4. The van der Waals surface area contributed by atoms with Crippen molar-refractivity contribution in [2.45, 2.75) is 24.2 Å². The van der Waals surface area contributed by atoms with Gasteiger partial charge in [0.15, 0.2) is 17.2 Å². The Morgan fingerprint density at radius 2 is 2.13 bits per heavy atom. The number of nitriles is 1. The van der Waals surface area contributed by atoms with Gasteiger partial charge in [-0.15, -0.1) is 0 Å². The van der Waals surface area contributed by atoms with Gasteiger partial charge >= 0.3 is 6.18 Å². The van der Waals surface area contributed by atoms with E-state index in [-0.39, 0.29) is 0 Å². The van der Waals surface area contributed by atoms with Crippen LogP contribution in [-0.2, 0) is 4.74 Å². The van der Waals surface area contributed by atoms with Crippen LogP contribution in [0, 0.1) is 23.0 Å². The first kappa shape index (κ1) is 10.6. The fourth-order valence-electron chi connectivity index (χ4n) is 2.42. The van der Waals surface area contributed by atoms with E-state index < -0.39 is 67.9 Å². The highest BCUT2D eigenvalue weighted by Crippen LogP contribution is 2.46.